The Balaban J connectivity index is 2.21. The Morgan fingerprint density at radius 3 is 1.74 bits per heavy atom. The van der Waals surface area contributed by atoms with E-state index in [1.165, 1.54) is 24.3 Å². The Bertz CT molecular complexity index is 927. The topological polar surface area (TPSA) is 92.3 Å². The van der Waals surface area contributed by atoms with E-state index >= 15 is 0 Å². The molecule has 0 radical (unpaired) electrons. The summed E-state index contributed by atoms with van der Waals surface area (Å²) in [6.07, 6.45) is 0. The molecule has 0 bridgehead atoms. The minimum atomic E-state index is -4.13. The monoisotopic (exact) mass is 394 g/mol. The summed E-state index contributed by atoms with van der Waals surface area (Å²) in [5, 5.41) is 0.224. The molecule has 10 heteroatoms. The average molecular weight is 395 g/mol. The lowest BCUT2D eigenvalue weighted by Gasteiger charge is -2.10. The molecular formula is C13H12Cl2N2O4S2. The maximum atomic E-state index is 12.1. The first kappa shape index (κ1) is 18.2. The van der Waals surface area contributed by atoms with Gasteiger partial charge in [-0.15, -0.1) is 9.66 Å². The molecule has 124 valence electrons. The van der Waals surface area contributed by atoms with Crippen LogP contribution in [0.4, 0.5) is 0 Å². The second kappa shape index (κ2) is 6.76. The quantitative estimate of drug-likeness (QED) is 0.761. The van der Waals surface area contributed by atoms with Crippen molar-refractivity contribution >= 4 is 43.2 Å². The smallest absolute Gasteiger partial charge is 0.206 e. The van der Waals surface area contributed by atoms with Crippen LogP contribution in [0.15, 0.2) is 52.3 Å². The van der Waals surface area contributed by atoms with Gasteiger partial charge < -0.3 is 0 Å². The zero-order valence-electron chi connectivity index (χ0n) is 11.7. The summed E-state index contributed by atoms with van der Waals surface area (Å²) in [6, 6.07) is 9.55. The molecule has 0 unspecified atom stereocenters. The summed E-state index contributed by atoms with van der Waals surface area (Å²) in [4.78, 5) is 3.34. The molecule has 6 nitrogen and oxygen atoms in total. The van der Waals surface area contributed by atoms with Gasteiger partial charge in [-0.2, -0.15) is 0 Å². The predicted molar refractivity (Wildman–Crippen MR) is 88.3 cm³/mol. The van der Waals surface area contributed by atoms with E-state index in [-0.39, 0.29) is 19.8 Å². The van der Waals surface area contributed by atoms with Gasteiger partial charge in [0.2, 0.25) is 0 Å². The largest absolute Gasteiger partial charge is 0.254 e. The second-order valence-electron chi connectivity index (χ2n) is 4.60. The molecule has 0 heterocycles. The van der Waals surface area contributed by atoms with E-state index in [1.807, 2.05) is 9.66 Å². The molecule has 0 saturated carbocycles. The normalized spacial score (nSPS) is 12.3. The summed E-state index contributed by atoms with van der Waals surface area (Å²) < 4.78 is 48.3. The molecule has 0 aliphatic heterocycles. The van der Waals surface area contributed by atoms with E-state index in [0.717, 1.165) is 11.6 Å². The van der Waals surface area contributed by atoms with Crippen LogP contribution in [-0.4, -0.2) is 16.8 Å². The zero-order valence-corrected chi connectivity index (χ0v) is 14.9. The SMILES string of the molecule is Cc1ccc(S(=O)(=O)NNS(=O)(=O)c2ccc(Cl)c(Cl)c2)cc1. The summed E-state index contributed by atoms with van der Waals surface area (Å²) >= 11 is 11.5. The van der Waals surface area contributed by atoms with Crippen molar-refractivity contribution in [2.24, 2.45) is 0 Å². The van der Waals surface area contributed by atoms with Crippen molar-refractivity contribution in [2.75, 3.05) is 0 Å². The van der Waals surface area contributed by atoms with Crippen molar-refractivity contribution in [3.05, 3.63) is 58.1 Å². The number of benzene rings is 2. The van der Waals surface area contributed by atoms with Gasteiger partial charge in [-0.1, -0.05) is 40.9 Å². The van der Waals surface area contributed by atoms with Gasteiger partial charge >= 0.3 is 0 Å². The number of hydrogen-bond acceptors (Lipinski definition) is 4. The molecule has 0 fully saturated rings. The lowest BCUT2D eigenvalue weighted by molar-refractivity contribution is 0.557. The number of aryl methyl sites for hydroxylation is 1. The highest BCUT2D eigenvalue weighted by Crippen LogP contribution is 2.24. The Labute approximate surface area is 144 Å². The van der Waals surface area contributed by atoms with E-state index in [0.29, 0.717) is 0 Å². The van der Waals surface area contributed by atoms with Crippen molar-refractivity contribution in [1.82, 2.24) is 9.66 Å². The number of hydrogen-bond donors (Lipinski definition) is 2. The second-order valence-corrected chi connectivity index (χ2v) is 8.78. The Kier molecular flexibility index (Phi) is 5.34. The van der Waals surface area contributed by atoms with Gasteiger partial charge in [0.05, 0.1) is 19.8 Å². The van der Waals surface area contributed by atoms with Crippen LogP contribution in [0.5, 0.6) is 0 Å². The minimum Gasteiger partial charge on any atom is -0.206 e. The highest BCUT2D eigenvalue weighted by molar-refractivity contribution is 7.92. The molecule has 2 N–H and O–H groups in total. The van der Waals surface area contributed by atoms with Crippen LogP contribution in [0.1, 0.15) is 5.56 Å². The number of halogens is 2. The molecule has 23 heavy (non-hydrogen) atoms. The van der Waals surface area contributed by atoms with Gasteiger partial charge in [-0.05, 0) is 37.3 Å². The molecule has 0 spiro atoms. The molecule has 2 aromatic carbocycles. The Morgan fingerprint density at radius 1 is 0.739 bits per heavy atom. The third-order valence-electron chi connectivity index (χ3n) is 2.84. The summed E-state index contributed by atoms with van der Waals surface area (Å²) in [5.74, 6) is 0. The maximum Gasteiger partial charge on any atom is 0.254 e. The van der Waals surface area contributed by atoms with Gasteiger partial charge in [0.15, 0.2) is 0 Å². The van der Waals surface area contributed by atoms with Crippen molar-refractivity contribution in [3.8, 4) is 0 Å². The summed E-state index contributed by atoms with van der Waals surface area (Å²) in [7, 11) is -8.17. The van der Waals surface area contributed by atoms with Crippen molar-refractivity contribution in [2.45, 2.75) is 16.7 Å². The lowest BCUT2D eigenvalue weighted by Crippen LogP contribution is -2.41. The van der Waals surface area contributed by atoms with E-state index in [1.54, 1.807) is 19.1 Å². The van der Waals surface area contributed by atoms with E-state index < -0.39 is 20.0 Å². The molecule has 0 aliphatic carbocycles. The van der Waals surface area contributed by atoms with Crippen LogP contribution in [0.25, 0.3) is 0 Å². The van der Waals surface area contributed by atoms with Crippen LogP contribution >= 0.6 is 23.2 Å². The summed E-state index contributed by atoms with van der Waals surface area (Å²) in [6.45, 7) is 1.80. The van der Waals surface area contributed by atoms with Gasteiger partial charge in [-0.3, -0.25) is 0 Å². The number of rotatable bonds is 5. The van der Waals surface area contributed by atoms with E-state index in [2.05, 4.69) is 0 Å². The number of sulfonamides is 2. The highest BCUT2D eigenvalue weighted by atomic mass is 35.5. The average Bonchev–Trinajstić information content (AvgIpc) is 2.48. The van der Waals surface area contributed by atoms with Crippen LogP contribution in [0.2, 0.25) is 10.0 Å². The van der Waals surface area contributed by atoms with Crippen LogP contribution in [0, 0.1) is 6.92 Å². The number of hydrazine groups is 1. The fourth-order valence-electron chi connectivity index (χ4n) is 1.59. The highest BCUT2D eigenvalue weighted by Gasteiger charge is 2.20. The Morgan fingerprint density at radius 2 is 1.22 bits per heavy atom. The van der Waals surface area contributed by atoms with Gasteiger partial charge in [0.25, 0.3) is 20.0 Å². The van der Waals surface area contributed by atoms with Crippen molar-refractivity contribution < 1.29 is 16.8 Å². The molecule has 0 atom stereocenters. The van der Waals surface area contributed by atoms with Gasteiger partial charge in [-0.25, -0.2) is 16.8 Å². The molecule has 2 aromatic rings. The first-order valence-electron chi connectivity index (χ1n) is 6.17. The first-order valence-corrected chi connectivity index (χ1v) is 9.89. The third kappa shape index (κ3) is 4.43. The maximum absolute atomic E-state index is 12.1. The van der Waals surface area contributed by atoms with Crippen LogP contribution < -0.4 is 9.66 Å². The summed E-state index contributed by atoms with van der Waals surface area (Å²) in [5.41, 5.74) is 0.875. The molecule has 0 amide bonds. The molecular weight excluding hydrogens is 383 g/mol. The lowest BCUT2D eigenvalue weighted by atomic mass is 10.2. The van der Waals surface area contributed by atoms with E-state index in [9.17, 15) is 16.8 Å². The fraction of sp³-hybridized carbons (Fsp3) is 0.0769. The number of nitrogens with one attached hydrogen (secondary N) is 2. The van der Waals surface area contributed by atoms with E-state index in [4.69, 9.17) is 23.2 Å². The van der Waals surface area contributed by atoms with Crippen LogP contribution in [0.3, 0.4) is 0 Å². The molecule has 0 saturated heterocycles. The van der Waals surface area contributed by atoms with Crippen molar-refractivity contribution in [1.29, 1.82) is 0 Å². The van der Waals surface area contributed by atoms with Crippen LogP contribution in [-0.2, 0) is 20.0 Å². The third-order valence-corrected chi connectivity index (χ3v) is 6.22. The minimum absolute atomic E-state index is 0.0379. The standard InChI is InChI=1S/C13H12Cl2N2O4S2/c1-9-2-4-10(5-3-9)22(18,19)16-17-23(20,21)11-6-7-12(14)13(15)8-11/h2-8,16-17H,1H3. The van der Waals surface area contributed by atoms with Gasteiger partial charge in [0, 0.05) is 0 Å². The fourth-order valence-corrected chi connectivity index (χ4v) is 4.08. The molecule has 2 rings (SSSR count). The Hall–Kier alpha value is -1.16. The first-order chi connectivity index (χ1) is 10.6. The molecule has 0 aliphatic rings. The van der Waals surface area contributed by atoms with Crippen molar-refractivity contribution in [3.63, 3.8) is 0 Å². The molecule has 0 aromatic heterocycles. The van der Waals surface area contributed by atoms with Gasteiger partial charge in [0.1, 0.15) is 0 Å². The predicted octanol–water partition coefficient (Wildman–Crippen LogP) is 2.47. The zero-order chi connectivity index (χ0) is 17.3.